The lowest BCUT2D eigenvalue weighted by Gasteiger charge is -2.08. The zero-order chi connectivity index (χ0) is 20.1. The molecule has 2 heterocycles. The van der Waals surface area contributed by atoms with Crippen LogP contribution < -0.4 is 4.74 Å². The first-order chi connectivity index (χ1) is 13.5. The van der Waals surface area contributed by atoms with Crippen molar-refractivity contribution >= 4 is 50.7 Å². The summed E-state index contributed by atoms with van der Waals surface area (Å²) in [5, 5.41) is 0.668. The second kappa shape index (κ2) is 9.59. The molecular weight excluding hydrogens is 460 g/mol. The fourth-order valence-electron chi connectivity index (χ4n) is 2.62. The molecule has 0 fully saturated rings. The zero-order valence-electron chi connectivity index (χ0n) is 15.6. The van der Waals surface area contributed by atoms with E-state index in [1.807, 2.05) is 43.3 Å². The maximum Gasteiger partial charge on any atom is 0.195 e. The van der Waals surface area contributed by atoms with Gasteiger partial charge in [0.25, 0.3) is 0 Å². The minimum Gasteiger partial charge on any atom is -0.485 e. The number of ether oxygens (including phenoxy) is 1. The van der Waals surface area contributed by atoms with Crippen LogP contribution in [0, 0.1) is 6.92 Å². The van der Waals surface area contributed by atoms with E-state index in [2.05, 4.69) is 22.9 Å². The number of halogens is 2. The van der Waals surface area contributed by atoms with Gasteiger partial charge in [-0.1, -0.05) is 31.0 Å². The summed E-state index contributed by atoms with van der Waals surface area (Å²) in [6.07, 6.45) is 5.24. The van der Waals surface area contributed by atoms with Crippen molar-refractivity contribution in [3.05, 3.63) is 78.8 Å². The van der Waals surface area contributed by atoms with E-state index in [4.69, 9.17) is 20.8 Å². The second-order valence-corrected chi connectivity index (χ2v) is 8.68. The molecule has 2 aromatic heterocycles. The van der Waals surface area contributed by atoms with Crippen LogP contribution in [0.1, 0.15) is 45.0 Å². The summed E-state index contributed by atoms with van der Waals surface area (Å²) in [4.78, 5) is 14.3. The minimum absolute atomic E-state index is 0.0307. The van der Waals surface area contributed by atoms with Crippen molar-refractivity contribution < 1.29 is 13.9 Å². The highest BCUT2D eigenvalue weighted by molar-refractivity contribution is 9.10. The lowest BCUT2D eigenvalue weighted by atomic mass is 10.2. The summed E-state index contributed by atoms with van der Waals surface area (Å²) < 4.78 is 12.5. The Balaban J connectivity index is 1.61. The zero-order valence-corrected chi connectivity index (χ0v) is 18.8. The fraction of sp³-hybridized carbons (Fsp3) is 0.227. The van der Waals surface area contributed by atoms with Crippen LogP contribution in [0.5, 0.6) is 5.75 Å². The Labute approximate surface area is 182 Å². The number of rotatable bonds is 8. The molecule has 0 radical (unpaired) electrons. The SMILES string of the molecule is CCCc1sc(C(=O)/C=C/c2ccc(COc3cccc(Cl)c3C)o2)cc1Br. The van der Waals surface area contributed by atoms with Crippen LogP contribution in [-0.2, 0) is 13.0 Å². The normalized spacial score (nSPS) is 11.3. The quantitative estimate of drug-likeness (QED) is 0.248. The molecule has 28 heavy (non-hydrogen) atoms. The molecule has 1 aromatic carbocycles. The fourth-order valence-corrected chi connectivity index (χ4v) is 4.68. The first kappa shape index (κ1) is 20.9. The number of hydrogen-bond acceptors (Lipinski definition) is 4. The van der Waals surface area contributed by atoms with Gasteiger partial charge in [0.2, 0.25) is 0 Å². The van der Waals surface area contributed by atoms with Gasteiger partial charge >= 0.3 is 0 Å². The van der Waals surface area contributed by atoms with Crippen molar-refractivity contribution in [3.8, 4) is 5.75 Å². The minimum atomic E-state index is -0.0307. The molecule has 6 heteroatoms. The van der Waals surface area contributed by atoms with Gasteiger partial charge in [0.15, 0.2) is 5.78 Å². The Hall–Kier alpha value is -1.82. The van der Waals surface area contributed by atoms with Crippen LogP contribution in [0.15, 0.2) is 51.4 Å². The summed E-state index contributed by atoms with van der Waals surface area (Å²) >= 11 is 11.2. The van der Waals surface area contributed by atoms with Crippen LogP contribution >= 0.6 is 38.9 Å². The topological polar surface area (TPSA) is 39.4 Å². The number of allylic oxidation sites excluding steroid dienone is 1. The molecule has 0 aliphatic rings. The monoisotopic (exact) mass is 478 g/mol. The highest BCUT2D eigenvalue weighted by atomic mass is 79.9. The first-order valence-electron chi connectivity index (χ1n) is 8.95. The lowest BCUT2D eigenvalue weighted by molar-refractivity contribution is 0.105. The molecule has 3 nitrogen and oxygen atoms in total. The van der Waals surface area contributed by atoms with Crippen molar-refractivity contribution in [2.24, 2.45) is 0 Å². The molecule has 0 unspecified atom stereocenters. The molecule has 0 atom stereocenters. The van der Waals surface area contributed by atoms with E-state index in [1.54, 1.807) is 12.2 Å². The van der Waals surface area contributed by atoms with Gasteiger partial charge in [-0.15, -0.1) is 11.3 Å². The number of carbonyl (C=O) groups excluding carboxylic acids is 1. The van der Waals surface area contributed by atoms with E-state index >= 15 is 0 Å². The standard InChI is InChI=1S/C22H20BrClO3S/c1-3-5-21-17(23)12-22(28-21)19(25)11-10-15-8-9-16(27-15)13-26-20-7-4-6-18(24)14(20)2/h4,6-12H,3,5,13H2,1-2H3/b11-10+. The van der Waals surface area contributed by atoms with Gasteiger partial charge in [-0.2, -0.15) is 0 Å². The van der Waals surface area contributed by atoms with Gasteiger partial charge in [-0.05, 0) is 71.8 Å². The molecule has 0 bridgehead atoms. The molecule has 0 saturated heterocycles. The Kier molecular flexibility index (Phi) is 7.16. The summed E-state index contributed by atoms with van der Waals surface area (Å²) in [6.45, 7) is 4.33. The number of aryl methyl sites for hydroxylation is 1. The van der Waals surface area contributed by atoms with E-state index in [9.17, 15) is 4.79 Å². The van der Waals surface area contributed by atoms with E-state index in [0.29, 0.717) is 23.2 Å². The number of ketones is 1. The number of hydrogen-bond donors (Lipinski definition) is 0. The Morgan fingerprint density at radius 1 is 1.32 bits per heavy atom. The molecule has 0 aliphatic carbocycles. The van der Waals surface area contributed by atoms with E-state index in [1.165, 1.54) is 16.2 Å². The maximum absolute atomic E-state index is 12.4. The Morgan fingerprint density at radius 3 is 2.93 bits per heavy atom. The average Bonchev–Trinajstić information content (AvgIpc) is 3.28. The smallest absolute Gasteiger partial charge is 0.195 e. The number of furan rings is 1. The predicted octanol–water partition coefficient (Wildman–Crippen LogP) is 7.49. The van der Waals surface area contributed by atoms with Crippen molar-refractivity contribution in [1.82, 2.24) is 0 Å². The lowest BCUT2D eigenvalue weighted by Crippen LogP contribution is -1.95. The molecule has 0 aliphatic heterocycles. The summed E-state index contributed by atoms with van der Waals surface area (Å²) in [6, 6.07) is 11.1. The second-order valence-electron chi connectivity index (χ2n) is 6.29. The number of benzene rings is 1. The summed E-state index contributed by atoms with van der Waals surface area (Å²) in [7, 11) is 0. The van der Waals surface area contributed by atoms with Crippen LogP contribution in [-0.4, -0.2) is 5.78 Å². The van der Waals surface area contributed by atoms with Crippen molar-refractivity contribution in [3.63, 3.8) is 0 Å². The summed E-state index contributed by atoms with van der Waals surface area (Å²) in [5.74, 6) is 1.98. The van der Waals surface area contributed by atoms with Gasteiger partial charge in [-0.3, -0.25) is 4.79 Å². The number of carbonyl (C=O) groups is 1. The van der Waals surface area contributed by atoms with Gasteiger partial charge in [0.1, 0.15) is 23.9 Å². The Bertz CT molecular complexity index is 1000. The molecule has 0 spiro atoms. The third-order valence-corrected chi connectivity index (χ3v) is 6.74. The molecule has 0 N–H and O–H groups in total. The highest BCUT2D eigenvalue weighted by Gasteiger charge is 2.11. The Morgan fingerprint density at radius 2 is 2.14 bits per heavy atom. The van der Waals surface area contributed by atoms with Crippen LogP contribution in [0.4, 0.5) is 0 Å². The van der Waals surface area contributed by atoms with Crippen molar-refractivity contribution in [2.45, 2.75) is 33.3 Å². The van der Waals surface area contributed by atoms with Crippen LogP contribution in [0.3, 0.4) is 0 Å². The van der Waals surface area contributed by atoms with Gasteiger partial charge < -0.3 is 9.15 Å². The maximum atomic E-state index is 12.4. The molecular formula is C22H20BrClO3S. The van der Waals surface area contributed by atoms with Crippen molar-refractivity contribution in [2.75, 3.05) is 0 Å². The molecule has 0 saturated carbocycles. The molecule has 146 valence electrons. The van der Waals surface area contributed by atoms with Crippen molar-refractivity contribution in [1.29, 1.82) is 0 Å². The van der Waals surface area contributed by atoms with Gasteiger partial charge in [0.05, 0.1) is 4.88 Å². The average molecular weight is 480 g/mol. The van der Waals surface area contributed by atoms with E-state index in [-0.39, 0.29) is 5.78 Å². The molecule has 3 aromatic rings. The van der Waals surface area contributed by atoms with Crippen LogP contribution in [0.25, 0.3) is 6.08 Å². The molecule has 3 rings (SSSR count). The summed E-state index contributed by atoms with van der Waals surface area (Å²) in [5.41, 5.74) is 0.894. The van der Waals surface area contributed by atoms with Crippen LogP contribution in [0.2, 0.25) is 5.02 Å². The van der Waals surface area contributed by atoms with E-state index < -0.39 is 0 Å². The predicted molar refractivity (Wildman–Crippen MR) is 119 cm³/mol. The largest absolute Gasteiger partial charge is 0.485 e. The van der Waals surface area contributed by atoms with E-state index in [0.717, 1.165) is 33.5 Å². The highest BCUT2D eigenvalue weighted by Crippen LogP contribution is 2.29. The molecule has 0 amide bonds. The number of thiophene rings is 1. The third-order valence-electron chi connectivity index (χ3n) is 4.15. The first-order valence-corrected chi connectivity index (χ1v) is 10.9. The third kappa shape index (κ3) is 5.16. The van der Waals surface area contributed by atoms with Gasteiger partial charge in [0, 0.05) is 19.9 Å². The van der Waals surface area contributed by atoms with Gasteiger partial charge in [-0.25, -0.2) is 0 Å².